The number of hydrogen-bond donors (Lipinski definition) is 2. The molecular formula is C10H18N4. The number of aromatic nitrogens is 3. The minimum Gasteiger partial charge on any atom is -0.305 e. The number of nitrogens with one attached hydrogen (secondary N) is 2. The van der Waals surface area contributed by atoms with Crippen LogP contribution < -0.4 is 5.32 Å². The molecule has 4 heteroatoms. The SMILES string of the molecule is CCCNC(C=C(C)C)c1cn[nH]n1. The molecule has 0 aromatic carbocycles. The highest BCUT2D eigenvalue weighted by atomic mass is 15.3. The maximum atomic E-state index is 4.08. The standard InChI is InChI=1S/C10H18N4/c1-4-5-11-9(6-8(2)3)10-7-12-14-13-10/h6-7,9,11H,4-5H2,1-3H3,(H,12,13,14). The van der Waals surface area contributed by atoms with Crippen LogP contribution in [0.5, 0.6) is 0 Å². The number of H-pyrrole nitrogens is 1. The Hall–Kier alpha value is -1.16. The third-order valence-corrected chi connectivity index (χ3v) is 1.87. The number of rotatable bonds is 5. The first-order valence-electron chi connectivity index (χ1n) is 4.98. The van der Waals surface area contributed by atoms with Crippen LogP contribution in [0, 0.1) is 0 Å². The van der Waals surface area contributed by atoms with Crippen LogP contribution >= 0.6 is 0 Å². The van der Waals surface area contributed by atoms with Crippen molar-refractivity contribution in [2.45, 2.75) is 33.2 Å². The Kier molecular flexibility index (Phi) is 4.32. The molecule has 1 heterocycles. The van der Waals surface area contributed by atoms with Crippen LogP contribution in [0.4, 0.5) is 0 Å². The number of nitrogens with zero attached hydrogens (tertiary/aromatic N) is 2. The van der Waals surface area contributed by atoms with Crippen molar-refractivity contribution in [1.29, 1.82) is 0 Å². The van der Waals surface area contributed by atoms with E-state index in [1.165, 1.54) is 5.57 Å². The largest absolute Gasteiger partial charge is 0.305 e. The predicted octanol–water partition coefficient (Wildman–Crippen LogP) is 1.81. The number of hydrogen-bond acceptors (Lipinski definition) is 3. The van der Waals surface area contributed by atoms with Gasteiger partial charge in [0.2, 0.25) is 0 Å². The van der Waals surface area contributed by atoms with E-state index in [1.54, 1.807) is 6.20 Å². The van der Waals surface area contributed by atoms with Gasteiger partial charge in [0.25, 0.3) is 0 Å². The highest BCUT2D eigenvalue weighted by Gasteiger charge is 2.09. The summed E-state index contributed by atoms with van der Waals surface area (Å²) in [5.74, 6) is 0. The molecule has 1 aromatic heterocycles. The van der Waals surface area contributed by atoms with Crippen LogP contribution in [-0.4, -0.2) is 22.0 Å². The lowest BCUT2D eigenvalue weighted by Crippen LogP contribution is -2.21. The molecule has 0 fully saturated rings. The van der Waals surface area contributed by atoms with E-state index in [-0.39, 0.29) is 6.04 Å². The van der Waals surface area contributed by atoms with Crippen molar-refractivity contribution in [2.24, 2.45) is 0 Å². The van der Waals surface area contributed by atoms with Gasteiger partial charge in [-0.25, -0.2) is 0 Å². The Morgan fingerprint density at radius 1 is 1.64 bits per heavy atom. The minimum absolute atomic E-state index is 0.179. The second kappa shape index (κ2) is 5.54. The van der Waals surface area contributed by atoms with Gasteiger partial charge in [-0.15, -0.1) is 0 Å². The molecule has 0 spiro atoms. The third-order valence-electron chi connectivity index (χ3n) is 1.87. The normalized spacial score (nSPS) is 12.5. The molecule has 1 rings (SSSR count). The fourth-order valence-corrected chi connectivity index (χ4v) is 1.24. The van der Waals surface area contributed by atoms with Gasteiger partial charge in [-0.3, -0.25) is 0 Å². The molecule has 0 bridgehead atoms. The van der Waals surface area contributed by atoms with E-state index in [9.17, 15) is 0 Å². The molecule has 1 aromatic rings. The molecule has 0 saturated heterocycles. The van der Waals surface area contributed by atoms with Gasteiger partial charge in [-0.2, -0.15) is 15.4 Å². The summed E-state index contributed by atoms with van der Waals surface area (Å²) in [5.41, 5.74) is 2.22. The molecule has 1 unspecified atom stereocenters. The molecule has 0 aliphatic carbocycles. The zero-order valence-electron chi connectivity index (χ0n) is 9.04. The van der Waals surface area contributed by atoms with Crippen molar-refractivity contribution in [3.05, 3.63) is 23.5 Å². The summed E-state index contributed by atoms with van der Waals surface area (Å²) in [7, 11) is 0. The fourth-order valence-electron chi connectivity index (χ4n) is 1.24. The first-order chi connectivity index (χ1) is 6.74. The summed E-state index contributed by atoms with van der Waals surface area (Å²) in [5, 5.41) is 13.9. The fraction of sp³-hybridized carbons (Fsp3) is 0.600. The van der Waals surface area contributed by atoms with Gasteiger partial charge in [-0.1, -0.05) is 18.6 Å². The molecule has 0 radical (unpaired) electrons. The lowest BCUT2D eigenvalue weighted by atomic mass is 10.1. The zero-order valence-corrected chi connectivity index (χ0v) is 9.04. The van der Waals surface area contributed by atoms with E-state index in [1.807, 2.05) is 0 Å². The molecule has 4 nitrogen and oxygen atoms in total. The van der Waals surface area contributed by atoms with Crippen molar-refractivity contribution in [1.82, 2.24) is 20.7 Å². The van der Waals surface area contributed by atoms with E-state index in [2.05, 4.69) is 47.6 Å². The molecular weight excluding hydrogens is 176 g/mol. The zero-order chi connectivity index (χ0) is 10.4. The minimum atomic E-state index is 0.179. The maximum absolute atomic E-state index is 4.08. The average Bonchev–Trinajstić information content (AvgIpc) is 2.64. The van der Waals surface area contributed by atoms with Crippen LogP contribution in [0.2, 0.25) is 0 Å². The Morgan fingerprint density at radius 3 is 2.93 bits per heavy atom. The molecule has 0 aliphatic heterocycles. The van der Waals surface area contributed by atoms with Crippen molar-refractivity contribution in [3.63, 3.8) is 0 Å². The van der Waals surface area contributed by atoms with Crippen LogP contribution in [0.25, 0.3) is 0 Å². The van der Waals surface area contributed by atoms with E-state index in [0.29, 0.717) is 0 Å². The lowest BCUT2D eigenvalue weighted by molar-refractivity contribution is 0.596. The van der Waals surface area contributed by atoms with Gasteiger partial charge >= 0.3 is 0 Å². The third kappa shape index (κ3) is 3.30. The highest BCUT2D eigenvalue weighted by molar-refractivity contribution is 5.12. The molecule has 0 saturated carbocycles. The summed E-state index contributed by atoms with van der Waals surface area (Å²) < 4.78 is 0. The van der Waals surface area contributed by atoms with Crippen LogP contribution in [0.3, 0.4) is 0 Å². The van der Waals surface area contributed by atoms with Crippen molar-refractivity contribution >= 4 is 0 Å². The summed E-state index contributed by atoms with van der Waals surface area (Å²) in [6, 6.07) is 0.179. The summed E-state index contributed by atoms with van der Waals surface area (Å²) in [6.45, 7) is 7.30. The first kappa shape index (κ1) is 10.9. The second-order valence-corrected chi connectivity index (χ2v) is 3.57. The molecule has 1 atom stereocenters. The highest BCUT2D eigenvalue weighted by Crippen LogP contribution is 2.11. The van der Waals surface area contributed by atoms with Crippen LogP contribution in [0.1, 0.15) is 38.9 Å². The number of aromatic amines is 1. The Bertz CT molecular complexity index is 272. The molecule has 14 heavy (non-hydrogen) atoms. The number of allylic oxidation sites excluding steroid dienone is 1. The van der Waals surface area contributed by atoms with Crippen molar-refractivity contribution < 1.29 is 0 Å². The molecule has 2 N–H and O–H groups in total. The van der Waals surface area contributed by atoms with Gasteiger partial charge in [-0.05, 0) is 26.8 Å². The quantitative estimate of drug-likeness (QED) is 0.703. The summed E-state index contributed by atoms with van der Waals surface area (Å²) in [6.07, 6.45) is 5.03. The first-order valence-corrected chi connectivity index (χ1v) is 4.98. The summed E-state index contributed by atoms with van der Waals surface area (Å²) >= 11 is 0. The van der Waals surface area contributed by atoms with Gasteiger partial charge < -0.3 is 5.32 Å². The van der Waals surface area contributed by atoms with Crippen molar-refractivity contribution in [2.75, 3.05) is 6.54 Å². The molecule has 0 amide bonds. The Labute approximate surface area is 84.8 Å². The lowest BCUT2D eigenvalue weighted by Gasteiger charge is -2.11. The summed E-state index contributed by atoms with van der Waals surface area (Å²) in [4.78, 5) is 0. The monoisotopic (exact) mass is 194 g/mol. The van der Waals surface area contributed by atoms with Crippen LogP contribution in [-0.2, 0) is 0 Å². The Morgan fingerprint density at radius 2 is 2.43 bits per heavy atom. The van der Waals surface area contributed by atoms with Gasteiger partial charge in [0, 0.05) is 0 Å². The second-order valence-electron chi connectivity index (χ2n) is 3.57. The van der Waals surface area contributed by atoms with Crippen LogP contribution in [0.15, 0.2) is 17.8 Å². The molecule has 0 aliphatic rings. The topological polar surface area (TPSA) is 53.6 Å². The predicted molar refractivity (Wildman–Crippen MR) is 56.8 cm³/mol. The van der Waals surface area contributed by atoms with Gasteiger partial charge in [0.15, 0.2) is 0 Å². The molecule has 78 valence electrons. The van der Waals surface area contributed by atoms with E-state index in [4.69, 9.17) is 0 Å². The van der Waals surface area contributed by atoms with E-state index < -0.39 is 0 Å². The Balaban J connectivity index is 2.67. The van der Waals surface area contributed by atoms with E-state index in [0.717, 1.165) is 18.7 Å². The van der Waals surface area contributed by atoms with Crippen molar-refractivity contribution in [3.8, 4) is 0 Å². The smallest absolute Gasteiger partial charge is 0.103 e. The van der Waals surface area contributed by atoms with Gasteiger partial charge in [0.1, 0.15) is 5.69 Å². The van der Waals surface area contributed by atoms with E-state index >= 15 is 0 Å². The van der Waals surface area contributed by atoms with Gasteiger partial charge in [0.05, 0.1) is 12.2 Å². The average molecular weight is 194 g/mol. The maximum Gasteiger partial charge on any atom is 0.103 e.